The zero-order chi connectivity index (χ0) is 27.8. The third kappa shape index (κ3) is 5.27. The van der Waals surface area contributed by atoms with E-state index in [0.29, 0.717) is 22.4 Å². The number of hydrogen-bond donors (Lipinski definition) is 1. The van der Waals surface area contributed by atoms with Gasteiger partial charge < -0.3 is 19.3 Å². The molecular formula is C30H29F2N3O4. The lowest BCUT2D eigenvalue weighted by molar-refractivity contribution is -0.144. The maximum absolute atomic E-state index is 13.4. The molecule has 2 amide bonds. The van der Waals surface area contributed by atoms with Crippen molar-refractivity contribution in [1.82, 2.24) is 14.8 Å². The Kier molecular flexibility index (Phi) is 7.18. The van der Waals surface area contributed by atoms with E-state index in [4.69, 9.17) is 4.42 Å². The van der Waals surface area contributed by atoms with Crippen LogP contribution in [-0.2, 0) is 4.79 Å². The van der Waals surface area contributed by atoms with E-state index in [9.17, 15) is 23.5 Å². The number of furan rings is 1. The maximum atomic E-state index is 13.4. The highest BCUT2D eigenvalue weighted by Gasteiger charge is 2.34. The molecule has 2 aromatic heterocycles. The fraction of sp³-hybridized carbons (Fsp3) is 0.300. The third-order valence-electron chi connectivity index (χ3n) is 7.10. The summed E-state index contributed by atoms with van der Waals surface area (Å²) < 4.78 is 32.7. The number of aliphatic hydroxyl groups excluding tert-OH is 1. The molecule has 39 heavy (non-hydrogen) atoms. The molecule has 1 aliphatic heterocycles. The van der Waals surface area contributed by atoms with Crippen molar-refractivity contribution in [2.45, 2.75) is 38.8 Å². The number of pyridine rings is 1. The van der Waals surface area contributed by atoms with Crippen molar-refractivity contribution in [3.63, 3.8) is 0 Å². The Labute approximate surface area is 224 Å². The molecule has 4 aromatic rings. The number of carbonyl (C=O) groups excluding carboxylic acids is 2. The number of nitrogens with zero attached hydrogens (tertiary/aromatic N) is 3. The third-order valence-corrected chi connectivity index (χ3v) is 7.10. The number of amides is 2. The fourth-order valence-corrected chi connectivity index (χ4v) is 4.92. The van der Waals surface area contributed by atoms with Crippen LogP contribution in [0.4, 0.5) is 8.78 Å². The maximum Gasteiger partial charge on any atom is 0.289 e. The molecule has 1 fully saturated rings. The van der Waals surface area contributed by atoms with Gasteiger partial charge in [0.05, 0.1) is 5.69 Å². The molecule has 0 spiro atoms. The smallest absolute Gasteiger partial charge is 0.289 e. The second kappa shape index (κ2) is 10.6. The molecule has 0 aliphatic carbocycles. The summed E-state index contributed by atoms with van der Waals surface area (Å²) in [5, 5.41) is 10.5. The highest BCUT2D eigenvalue weighted by molar-refractivity contribution is 5.96. The van der Waals surface area contributed by atoms with Gasteiger partial charge in [0.2, 0.25) is 0 Å². The number of fused-ring (bicyclic) bond motifs is 1. The second-order valence-corrected chi connectivity index (χ2v) is 10.2. The van der Waals surface area contributed by atoms with Gasteiger partial charge in [-0.25, -0.2) is 13.8 Å². The van der Waals surface area contributed by atoms with Gasteiger partial charge in [0, 0.05) is 42.9 Å². The summed E-state index contributed by atoms with van der Waals surface area (Å²) in [5.41, 5.74) is 3.68. The van der Waals surface area contributed by atoms with Crippen LogP contribution < -0.4 is 0 Å². The Hall–Kier alpha value is -4.11. The first kappa shape index (κ1) is 26.5. The molecule has 202 valence electrons. The van der Waals surface area contributed by atoms with Crippen molar-refractivity contribution in [2.75, 3.05) is 19.6 Å². The van der Waals surface area contributed by atoms with Crippen molar-refractivity contribution >= 4 is 22.9 Å². The Morgan fingerprint density at radius 2 is 1.64 bits per heavy atom. The van der Waals surface area contributed by atoms with Crippen LogP contribution in [0.5, 0.6) is 0 Å². The SMILES string of the molecule is CC(C)c1cc(-c2ccc(F)cc2)nc2cc(C(=O)N3CCN(C(=O)C(O)c4ccc(F)cc4)[C@@H](C)C3)oc12. The minimum atomic E-state index is -1.42. The molecule has 7 nitrogen and oxygen atoms in total. The number of hydrogen-bond acceptors (Lipinski definition) is 5. The van der Waals surface area contributed by atoms with Crippen LogP contribution in [0.3, 0.4) is 0 Å². The van der Waals surface area contributed by atoms with Gasteiger partial charge in [0.15, 0.2) is 17.4 Å². The van der Waals surface area contributed by atoms with Crippen molar-refractivity contribution in [1.29, 1.82) is 0 Å². The van der Waals surface area contributed by atoms with Gasteiger partial charge in [0.1, 0.15) is 17.2 Å². The molecular weight excluding hydrogens is 504 g/mol. The van der Waals surface area contributed by atoms with Crippen molar-refractivity contribution < 1.29 is 27.9 Å². The average Bonchev–Trinajstić information content (AvgIpc) is 3.36. The van der Waals surface area contributed by atoms with Crippen molar-refractivity contribution in [3.8, 4) is 11.3 Å². The van der Waals surface area contributed by atoms with E-state index in [2.05, 4.69) is 4.98 Å². The fourth-order valence-electron chi connectivity index (χ4n) is 4.92. The highest BCUT2D eigenvalue weighted by atomic mass is 19.1. The van der Waals surface area contributed by atoms with Crippen LogP contribution in [0.15, 0.2) is 65.1 Å². The number of piperazine rings is 1. The molecule has 1 unspecified atom stereocenters. The quantitative estimate of drug-likeness (QED) is 0.376. The van der Waals surface area contributed by atoms with E-state index < -0.39 is 17.8 Å². The lowest BCUT2D eigenvalue weighted by atomic mass is 10.00. The van der Waals surface area contributed by atoms with Crippen LogP contribution in [-0.4, -0.2) is 57.4 Å². The van der Waals surface area contributed by atoms with Gasteiger partial charge in [-0.15, -0.1) is 0 Å². The van der Waals surface area contributed by atoms with Crippen LogP contribution >= 0.6 is 0 Å². The summed E-state index contributed by atoms with van der Waals surface area (Å²) in [6.45, 7) is 6.59. The number of carbonyl (C=O) groups is 2. The van der Waals surface area contributed by atoms with E-state index in [1.165, 1.54) is 41.3 Å². The molecule has 5 rings (SSSR count). The van der Waals surface area contributed by atoms with Gasteiger partial charge in [-0.1, -0.05) is 26.0 Å². The number of rotatable bonds is 5. The Balaban J connectivity index is 1.35. The highest BCUT2D eigenvalue weighted by Crippen LogP contribution is 2.32. The zero-order valence-corrected chi connectivity index (χ0v) is 21.9. The van der Waals surface area contributed by atoms with Crippen molar-refractivity contribution in [2.24, 2.45) is 0 Å². The molecule has 0 bridgehead atoms. The number of benzene rings is 2. The monoisotopic (exact) mass is 533 g/mol. The molecule has 2 aromatic carbocycles. The first-order chi connectivity index (χ1) is 18.6. The Morgan fingerprint density at radius 1 is 1.00 bits per heavy atom. The predicted octanol–water partition coefficient (Wildman–Crippen LogP) is 5.30. The van der Waals surface area contributed by atoms with Crippen LogP contribution in [0.1, 0.15) is 54.5 Å². The summed E-state index contributed by atoms with van der Waals surface area (Å²) in [4.78, 5) is 34.2. The number of aliphatic hydroxyl groups is 1. The Bertz CT molecular complexity index is 1520. The van der Waals surface area contributed by atoms with Crippen LogP contribution in [0, 0.1) is 11.6 Å². The lowest BCUT2D eigenvalue weighted by Gasteiger charge is -2.40. The molecule has 1 N–H and O–H groups in total. The number of aromatic nitrogens is 1. The molecule has 0 radical (unpaired) electrons. The van der Waals surface area contributed by atoms with Gasteiger partial charge in [-0.05, 0) is 60.9 Å². The molecule has 0 saturated carbocycles. The predicted molar refractivity (Wildman–Crippen MR) is 142 cm³/mol. The number of halogens is 2. The molecule has 9 heteroatoms. The molecule has 2 atom stereocenters. The van der Waals surface area contributed by atoms with E-state index in [1.807, 2.05) is 19.9 Å². The summed E-state index contributed by atoms with van der Waals surface area (Å²) >= 11 is 0. The first-order valence-electron chi connectivity index (χ1n) is 12.9. The van der Waals surface area contributed by atoms with Crippen molar-refractivity contribution in [3.05, 3.63) is 89.2 Å². The zero-order valence-electron chi connectivity index (χ0n) is 21.9. The molecule has 3 heterocycles. The minimum absolute atomic E-state index is 0.0888. The summed E-state index contributed by atoms with van der Waals surface area (Å²) in [7, 11) is 0. The van der Waals surface area contributed by atoms with E-state index in [0.717, 1.165) is 11.1 Å². The summed E-state index contributed by atoms with van der Waals surface area (Å²) in [5.74, 6) is -1.36. The first-order valence-corrected chi connectivity index (χ1v) is 12.9. The molecule has 1 saturated heterocycles. The lowest BCUT2D eigenvalue weighted by Crippen LogP contribution is -2.56. The summed E-state index contributed by atoms with van der Waals surface area (Å²) in [6, 6.07) is 14.4. The van der Waals surface area contributed by atoms with Gasteiger partial charge in [-0.2, -0.15) is 0 Å². The second-order valence-electron chi connectivity index (χ2n) is 10.2. The van der Waals surface area contributed by atoms with Gasteiger partial charge in [0.25, 0.3) is 11.8 Å². The normalized spacial score (nSPS) is 16.6. The average molecular weight is 534 g/mol. The standard InChI is InChI=1S/C30H29F2N3O4/c1-17(2)23-14-24(19-4-8-21(31)9-5-19)33-25-15-26(39-28(23)25)29(37)34-12-13-35(18(3)16-34)30(38)27(36)20-6-10-22(32)11-7-20/h4-11,14-15,17-18,27,36H,12-13,16H2,1-3H3/t18-,27?/m0/s1. The van der Waals surface area contributed by atoms with Gasteiger partial charge >= 0.3 is 0 Å². The van der Waals surface area contributed by atoms with E-state index >= 15 is 0 Å². The Morgan fingerprint density at radius 3 is 2.26 bits per heavy atom. The van der Waals surface area contributed by atoms with Gasteiger partial charge in [-0.3, -0.25) is 9.59 Å². The minimum Gasteiger partial charge on any atom is -0.449 e. The summed E-state index contributed by atoms with van der Waals surface area (Å²) in [6.07, 6.45) is -1.42. The largest absolute Gasteiger partial charge is 0.449 e. The van der Waals surface area contributed by atoms with E-state index in [1.54, 1.807) is 30.0 Å². The van der Waals surface area contributed by atoms with Crippen LogP contribution in [0.25, 0.3) is 22.4 Å². The van der Waals surface area contributed by atoms with E-state index in [-0.39, 0.29) is 49.1 Å². The molecule has 1 aliphatic rings. The topological polar surface area (TPSA) is 86.9 Å². The van der Waals surface area contributed by atoms with Crippen LogP contribution in [0.2, 0.25) is 0 Å².